The lowest BCUT2D eigenvalue weighted by atomic mass is 10.1. The molecule has 8 nitrogen and oxygen atoms in total. The number of aryl methyl sites for hydroxylation is 1. The molecule has 4 rings (SSSR count). The first-order chi connectivity index (χ1) is 12.1. The average Bonchev–Trinajstić information content (AvgIpc) is 3.02. The van der Waals surface area contributed by atoms with E-state index in [0.29, 0.717) is 23.1 Å². The van der Waals surface area contributed by atoms with Gasteiger partial charge in [-0.1, -0.05) is 18.2 Å². The van der Waals surface area contributed by atoms with Gasteiger partial charge >= 0.3 is 0 Å². The number of nitrogens with one attached hydrogen (secondary N) is 1. The second-order valence-electron chi connectivity index (χ2n) is 5.64. The van der Waals surface area contributed by atoms with Crippen molar-refractivity contribution >= 4 is 27.9 Å². The smallest absolute Gasteiger partial charge is 0.295 e. The van der Waals surface area contributed by atoms with Crippen LogP contribution in [0.5, 0.6) is 0 Å². The molecule has 0 unspecified atom stereocenters. The molecule has 25 heavy (non-hydrogen) atoms. The summed E-state index contributed by atoms with van der Waals surface area (Å²) in [5, 5.41) is 23.6. The Labute approximate surface area is 142 Å². The second kappa shape index (κ2) is 5.82. The molecular weight excluding hydrogens is 320 g/mol. The highest BCUT2D eigenvalue weighted by atomic mass is 16.6. The van der Waals surface area contributed by atoms with E-state index in [1.807, 2.05) is 47.9 Å². The van der Waals surface area contributed by atoms with Gasteiger partial charge in [0.05, 0.1) is 11.5 Å². The van der Waals surface area contributed by atoms with Crippen LogP contribution in [0.1, 0.15) is 11.5 Å². The second-order valence-corrected chi connectivity index (χ2v) is 5.64. The van der Waals surface area contributed by atoms with E-state index in [2.05, 4.69) is 20.5 Å². The van der Waals surface area contributed by atoms with Crippen LogP contribution in [-0.4, -0.2) is 24.5 Å². The summed E-state index contributed by atoms with van der Waals surface area (Å²) in [4.78, 5) is 15.2. The zero-order valence-electron chi connectivity index (χ0n) is 13.4. The number of aromatic nitrogens is 4. The summed E-state index contributed by atoms with van der Waals surface area (Å²) in [5.41, 5.74) is 2.62. The molecule has 1 aromatic carbocycles. The first-order valence-corrected chi connectivity index (χ1v) is 7.71. The number of para-hydroxylation sites is 1. The number of pyridine rings is 2. The standard InChI is InChI=1S/C17H14N6O2/c1-11-9-13(12-5-4-6-14(23(24)25)17(12)19-11)18-10-16-21-20-15-7-2-3-8-22(15)16/h2-9H,10H2,1H3,(H,18,19). The number of benzene rings is 1. The lowest BCUT2D eigenvalue weighted by Crippen LogP contribution is -2.05. The summed E-state index contributed by atoms with van der Waals surface area (Å²) in [6.45, 7) is 2.25. The van der Waals surface area contributed by atoms with Gasteiger partial charge in [-0.25, -0.2) is 4.98 Å². The first-order valence-electron chi connectivity index (χ1n) is 7.71. The zero-order chi connectivity index (χ0) is 17.4. The average molecular weight is 334 g/mol. The maximum Gasteiger partial charge on any atom is 0.295 e. The minimum Gasteiger partial charge on any atom is -0.377 e. The number of nitrogens with zero attached hydrogens (tertiary/aromatic N) is 5. The van der Waals surface area contributed by atoms with Gasteiger partial charge in [0.25, 0.3) is 5.69 Å². The molecule has 0 aliphatic heterocycles. The van der Waals surface area contributed by atoms with Crippen molar-refractivity contribution in [3.63, 3.8) is 0 Å². The minimum atomic E-state index is -0.412. The molecule has 0 fully saturated rings. The number of nitro groups is 1. The molecule has 8 heteroatoms. The summed E-state index contributed by atoms with van der Waals surface area (Å²) in [6, 6.07) is 12.5. The maximum absolute atomic E-state index is 11.3. The summed E-state index contributed by atoms with van der Waals surface area (Å²) >= 11 is 0. The van der Waals surface area contributed by atoms with Crippen LogP contribution in [0.25, 0.3) is 16.6 Å². The van der Waals surface area contributed by atoms with E-state index < -0.39 is 4.92 Å². The fourth-order valence-electron chi connectivity index (χ4n) is 2.84. The maximum atomic E-state index is 11.3. The zero-order valence-corrected chi connectivity index (χ0v) is 13.4. The molecule has 0 aliphatic carbocycles. The van der Waals surface area contributed by atoms with Crippen LogP contribution in [0, 0.1) is 17.0 Å². The van der Waals surface area contributed by atoms with Crippen LogP contribution in [-0.2, 0) is 6.54 Å². The molecule has 0 bridgehead atoms. The number of hydrogen-bond donors (Lipinski definition) is 1. The predicted octanol–water partition coefficient (Wildman–Crippen LogP) is 3.11. The highest BCUT2D eigenvalue weighted by Crippen LogP contribution is 2.30. The summed E-state index contributed by atoms with van der Waals surface area (Å²) in [5.74, 6) is 0.753. The van der Waals surface area contributed by atoms with E-state index in [4.69, 9.17) is 0 Å². The first kappa shape index (κ1) is 15.0. The van der Waals surface area contributed by atoms with Gasteiger partial charge in [-0.2, -0.15) is 0 Å². The van der Waals surface area contributed by atoms with Crippen LogP contribution < -0.4 is 5.32 Å². The Morgan fingerprint density at radius 1 is 1.20 bits per heavy atom. The Hall–Kier alpha value is -3.55. The van der Waals surface area contributed by atoms with Crippen LogP contribution in [0.15, 0.2) is 48.7 Å². The molecule has 3 heterocycles. The lowest BCUT2D eigenvalue weighted by molar-refractivity contribution is -0.383. The Bertz CT molecular complexity index is 1100. The van der Waals surface area contributed by atoms with Gasteiger partial charge in [-0.3, -0.25) is 14.5 Å². The van der Waals surface area contributed by atoms with Crippen molar-refractivity contribution < 1.29 is 4.92 Å². The van der Waals surface area contributed by atoms with Crippen molar-refractivity contribution in [3.05, 3.63) is 70.3 Å². The van der Waals surface area contributed by atoms with Gasteiger partial charge in [0.2, 0.25) is 0 Å². The van der Waals surface area contributed by atoms with Crippen molar-refractivity contribution in [3.8, 4) is 0 Å². The Morgan fingerprint density at radius 3 is 2.92 bits per heavy atom. The minimum absolute atomic E-state index is 0.00261. The highest BCUT2D eigenvalue weighted by Gasteiger charge is 2.16. The van der Waals surface area contributed by atoms with E-state index in [1.54, 1.807) is 6.07 Å². The molecule has 0 aliphatic rings. The fraction of sp³-hybridized carbons (Fsp3) is 0.118. The molecule has 0 spiro atoms. The van der Waals surface area contributed by atoms with Crippen molar-refractivity contribution in [1.29, 1.82) is 0 Å². The van der Waals surface area contributed by atoms with E-state index in [9.17, 15) is 10.1 Å². The molecule has 0 amide bonds. The van der Waals surface area contributed by atoms with E-state index in [0.717, 1.165) is 17.2 Å². The van der Waals surface area contributed by atoms with Gasteiger partial charge in [0.1, 0.15) is 0 Å². The largest absolute Gasteiger partial charge is 0.377 e. The molecular formula is C17H14N6O2. The topological polar surface area (TPSA) is 98.2 Å². The number of hydrogen-bond acceptors (Lipinski definition) is 6. The summed E-state index contributed by atoms with van der Waals surface area (Å²) < 4.78 is 1.89. The number of nitro benzene ring substituents is 1. The van der Waals surface area contributed by atoms with Crippen LogP contribution in [0.3, 0.4) is 0 Å². The predicted molar refractivity (Wildman–Crippen MR) is 93.4 cm³/mol. The molecule has 4 aromatic rings. The normalized spacial score (nSPS) is 11.1. The van der Waals surface area contributed by atoms with E-state index in [-0.39, 0.29) is 5.69 Å². The van der Waals surface area contributed by atoms with Gasteiger partial charge in [-0.15, -0.1) is 10.2 Å². The molecule has 3 aromatic heterocycles. The van der Waals surface area contributed by atoms with E-state index >= 15 is 0 Å². The molecule has 0 saturated carbocycles. The summed E-state index contributed by atoms with van der Waals surface area (Å²) in [6.07, 6.45) is 1.90. The number of anilines is 1. The SMILES string of the molecule is Cc1cc(NCc2nnc3ccccn23)c2cccc([N+](=O)[O-])c2n1. The molecule has 1 N–H and O–H groups in total. The third-order valence-corrected chi connectivity index (χ3v) is 3.96. The highest BCUT2D eigenvalue weighted by molar-refractivity contribution is 5.96. The van der Waals surface area contributed by atoms with Gasteiger partial charge < -0.3 is 5.32 Å². The Balaban J connectivity index is 1.74. The molecule has 0 saturated heterocycles. The van der Waals surface area contributed by atoms with Crippen molar-refractivity contribution in [2.45, 2.75) is 13.5 Å². The molecule has 0 radical (unpaired) electrons. The van der Waals surface area contributed by atoms with E-state index in [1.165, 1.54) is 6.07 Å². The van der Waals surface area contributed by atoms with Crippen molar-refractivity contribution in [2.24, 2.45) is 0 Å². The Morgan fingerprint density at radius 2 is 2.08 bits per heavy atom. The molecule has 0 atom stereocenters. The van der Waals surface area contributed by atoms with Crippen LogP contribution in [0.4, 0.5) is 11.4 Å². The van der Waals surface area contributed by atoms with Gasteiger partial charge in [0.15, 0.2) is 17.0 Å². The number of non-ortho nitro benzene ring substituents is 1. The third kappa shape index (κ3) is 2.63. The monoisotopic (exact) mass is 334 g/mol. The lowest BCUT2D eigenvalue weighted by Gasteiger charge is -2.10. The third-order valence-electron chi connectivity index (χ3n) is 3.96. The van der Waals surface area contributed by atoms with Crippen molar-refractivity contribution in [1.82, 2.24) is 19.6 Å². The van der Waals surface area contributed by atoms with Crippen molar-refractivity contribution in [2.75, 3.05) is 5.32 Å². The summed E-state index contributed by atoms with van der Waals surface area (Å²) in [7, 11) is 0. The molecule has 124 valence electrons. The van der Waals surface area contributed by atoms with Gasteiger partial charge in [0, 0.05) is 29.0 Å². The van der Waals surface area contributed by atoms with Crippen LogP contribution >= 0.6 is 0 Å². The van der Waals surface area contributed by atoms with Gasteiger partial charge in [-0.05, 0) is 25.1 Å². The van der Waals surface area contributed by atoms with Crippen LogP contribution in [0.2, 0.25) is 0 Å². The Kier molecular flexibility index (Phi) is 3.50. The fourth-order valence-corrected chi connectivity index (χ4v) is 2.84. The number of fused-ring (bicyclic) bond motifs is 2. The quantitative estimate of drug-likeness (QED) is 0.455. The number of rotatable bonds is 4.